The van der Waals surface area contributed by atoms with Crippen LogP contribution in [-0.2, 0) is 4.79 Å². The van der Waals surface area contributed by atoms with Crippen LogP contribution in [0.1, 0.15) is 17.3 Å². The van der Waals surface area contributed by atoms with E-state index in [0.29, 0.717) is 5.02 Å². The summed E-state index contributed by atoms with van der Waals surface area (Å²) in [5.41, 5.74) is 4.05. The van der Waals surface area contributed by atoms with Crippen molar-refractivity contribution < 1.29 is 19.2 Å². The topological polar surface area (TPSA) is 123 Å². The molecule has 2 amide bonds. The van der Waals surface area contributed by atoms with E-state index in [4.69, 9.17) is 51.8 Å². The molecular weight excluding hydrogens is 479 g/mol. The molecule has 0 saturated carbocycles. The molecule has 0 saturated heterocycles. The summed E-state index contributed by atoms with van der Waals surface area (Å²) in [6.07, 6.45) is -0.974. The van der Waals surface area contributed by atoms with Crippen molar-refractivity contribution in [2.45, 2.75) is 13.0 Å². The number of carbonyl (C=O) groups excluding carboxylic acids is 2. The van der Waals surface area contributed by atoms with E-state index < -0.39 is 28.5 Å². The Balaban J connectivity index is 1.89. The number of nitrogens with one attached hydrogen (secondary N) is 3. The molecule has 3 N–H and O–H groups in total. The first-order valence-corrected chi connectivity index (χ1v) is 9.59. The Morgan fingerprint density at radius 1 is 1.10 bits per heavy atom. The van der Waals surface area contributed by atoms with Gasteiger partial charge in [0.25, 0.3) is 17.5 Å². The minimum absolute atomic E-state index is 0.0400. The average molecular weight is 492 g/mol. The van der Waals surface area contributed by atoms with Crippen LogP contribution in [0.2, 0.25) is 15.1 Å². The summed E-state index contributed by atoms with van der Waals surface area (Å²) in [6, 6.07) is 8.04. The van der Waals surface area contributed by atoms with Crippen molar-refractivity contribution in [3.05, 3.63) is 67.1 Å². The second-order valence-electron chi connectivity index (χ2n) is 5.66. The monoisotopic (exact) mass is 490 g/mol. The van der Waals surface area contributed by atoms with Crippen LogP contribution in [0.5, 0.6) is 5.75 Å². The summed E-state index contributed by atoms with van der Waals surface area (Å²) in [5, 5.41) is 13.5. The molecule has 9 nitrogen and oxygen atoms in total. The number of halogens is 3. The first-order valence-electron chi connectivity index (χ1n) is 8.05. The first-order chi connectivity index (χ1) is 14.1. The number of benzene rings is 2. The smallest absolute Gasteiger partial charge is 0.288 e. The maximum atomic E-state index is 12.2. The highest BCUT2D eigenvalue weighted by Gasteiger charge is 2.19. The molecule has 0 bridgehead atoms. The van der Waals surface area contributed by atoms with Crippen molar-refractivity contribution in [1.82, 2.24) is 16.2 Å². The fourth-order valence-corrected chi connectivity index (χ4v) is 2.83. The van der Waals surface area contributed by atoms with Gasteiger partial charge in [0, 0.05) is 16.7 Å². The third kappa shape index (κ3) is 6.42. The Kier molecular flexibility index (Phi) is 8.18. The molecule has 0 aromatic heterocycles. The second-order valence-corrected chi connectivity index (χ2v) is 7.31. The Labute approximate surface area is 190 Å². The molecule has 13 heteroatoms. The quantitative estimate of drug-likeness (QED) is 0.331. The van der Waals surface area contributed by atoms with Gasteiger partial charge in [-0.05, 0) is 49.5 Å². The molecular formula is C17H13Cl3N4O5S. The largest absolute Gasteiger partial charge is 0.479 e. The van der Waals surface area contributed by atoms with E-state index in [-0.39, 0.29) is 26.5 Å². The van der Waals surface area contributed by atoms with Crippen LogP contribution in [0.4, 0.5) is 5.69 Å². The Bertz CT molecular complexity index is 1020. The van der Waals surface area contributed by atoms with Crippen LogP contribution in [-0.4, -0.2) is 28.0 Å². The number of nitro benzene ring substituents is 1. The molecule has 0 aliphatic carbocycles. The van der Waals surface area contributed by atoms with E-state index in [1.807, 2.05) is 0 Å². The van der Waals surface area contributed by atoms with E-state index in [0.717, 1.165) is 6.07 Å². The Hall–Kier alpha value is -2.66. The average Bonchev–Trinajstić information content (AvgIpc) is 2.68. The van der Waals surface area contributed by atoms with Gasteiger partial charge in [-0.2, -0.15) is 0 Å². The third-order valence-corrected chi connectivity index (χ3v) is 4.55. The lowest BCUT2D eigenvalue weighted by molar-refractivity contribution is -0.384. The van der Waals surface area contributed by atoms with Gasteiger partial charge in [-0.15, -0.1) is 0 Å². The van der Waals surface area contributed by atoms with Crippen molar-refractivity contribution in [3.8, 4) is 5.75 Å². The van der Waals surface area contributed by atoms with Gasteiger partial charge < -0.3 is 4.74 Å². The lowest BCUT2D eigenvalue weighted by Gasteiger charge is -2.16. The normalized spacial score (nSPS) is 11.2. The van der Waals surface area contributed by atoms with Crippen LogP contribution in [0.15, 0.2) is 36.4 Å². The minimum Gasteiger partial charge on any atom is -0.479 e. The highest BCUT2D eigenvalue weighted by atomic mass is 35.5. The summed E-state index contributed by atoms with van der Waals surface area (Å²) < 4.78 is 5.45. The van der Waals surface area contributed by atoms with Gasteiger partial charge in [0.05, 0.1) is 9.95 Å². The molecule has 0 spiro atoms. The van der Waals surface area contributed by atoms with Crippen molar-refractivity contribution in [3.63, 3.8) is 0 Å². The highest BCUT2D eigenvalue weighted by molar-refractivity contribution is 7.80. The third-order valence-electron chi connectivity index (χ3n) is 3.50. The number of hydrazine groups is 1. The molecule has 158 valence electrons. The highest BCUT2D eigenvalue weighted by Crippen LogP contribution is 2.28. The first kappa shape index (κ1) is 23.6. The van der Waals surface area contributed by atoms with Crippen LogP contribution in [0.25, 0.3) is 0 Å². The van der Waals surface area contributed by atoms with Gasteiger partial charge in [-0.3, -0.25) is 35.9 Å². The van der Waals surface area contributed by atoms with Crippen LogP contribution in [0.3, 0.4) is 0 Å². The summed E-state index contributed by atoms with van der Waals surface area (Å²) in [4.78, 5) is 34.5. The zero-order chi connectivity index (χ0) is 22.4. The van der Waals surface area contributed by atoms with Gasteiger partial charge in [0.15, 0.2) is 11.2 Å². The standard InChI is InChI=1S/C17H13Cl3N4O5S/c1-8(29-14-5-3-10(18)7-12(14)20)15(25)21-17(30)23-22-16(26)9-2-4-11(19)13(6-9)24(27)28/h2-8H,1H3,(H,22,26)(H2,21,23,25,30). The molecule has 2 rings (SSSR count). The molecule has 0 radical (unpaired) electrons. The van der Waals surface area contributed by atoms with Crippen LogP contribution in [0, 0.1) is 10.1 Å². The van der Waals surface area contributed by atoms with Gasteiger partial charge in [0.2, 0.25) is 0 Å². The van der Waals surface area contributed by atoms with E-state index in [9.17, 15) is 19.7 Å². The maximum Gasteiger partial charge on any atom is 0.288 e. The van der Waals surface area contributed by atoms with Gasteiger partial charge >= 0.3 is 0 Å². The number of rotatable bonds is 5. The molecule has 2 aromatic carbocycles. The van der Waals surface area contributed by atoms with E-state index in [2.05, 4.69) is 16.2 Å². The van der Waals surface area contributed by atoms with E-state index >= 15 is 0 Å². The Morgan fingerprint density at radius 2 is 1.80 bits per heavy atom. The van der Waals surface area contributed by atoms with Gasteiger partial charge in [-0.1, -0.05) is 34.8 Å². The molecule has 2 aromatic rings. The number of thiocarbonyl (C=S) groups is 1. The molecule has 30 heavy (non-hydrogen) atoms. The summed E-state index contributed by atoms with van der Waals surface area (Å²) in [5.74, 6) is -1.10. The lowest BCUT2D eigenvalue weighted by Crippen LogP contribution is -2.51. The van der Waals surface area contributed by atoms with Crippen molar-refractivity contribution >= 4 is 69.6 Å². The van der Waals surface area contributed by atoms with Crippen molar-refractivity contribution in [2.75, 3.05) is 0 Å². The number of hydrogen-bond donors (Lipinski definition) is 3. The zero-order valence-corrected chi connectivity index (χ0v) is 18.2. The predicted molar refractivity (Wildman–Crippen MR) is 116 cm³/mol. The molecule has 0 aliphatic heterocycles. The number of ether oxygens (including phenoxy) is 1. The maximum absolute atomic E-state index is 12.2. The summed E-state index contributed by atoms with van der Waals surface area (Å²) in [7, 11) is 0. The zero-order valence-electron chi connectivity index (χ0n) is 15.1. The van der Waals surface area contributed by atoms with Gasteiger partial charge in [0.1, 0.15) is 10.8 Å². The fraction of sp³-hybridized carbons (Fsp3) is 0.118. The molecule has 0 aliphatic rings. The SMILES string of the molecule is CC(Oc1ccc(Cl)cc1Cl)C(=O)NC(=S)NNC(=O)c1ccc(Cl)c([N+](=O)[O-])c1. The minimum atomic E-state index is -0.974. The predicted octanol–water partition coefficient (Wildman–Crippen LogP) is 3.66. The Morgan fingerprint density at radius 3 is 2.43 bits per heavy atom. The van der Waals surface area contributed by atoms with Crippen LogP contribution < -0.4 is 20.9 Å². The molecule has 1 unspecified atom stereocenters. The van der Waals surface area contributed by atoms with Crippen molar-refractivity contribution in [2.24, 2.45) is 0 Å². The number of amides is 2. The summed E-state index contributed by atoms with van der Waals surface area (Å²) in [6.45, 7) is 1.47. The number of nitrogens with zero attached hydrogens (tertiary/aromatic N) is 1. The van der Waals surface area contributed by atoms with Crippen molar-refractivity contribution in [1.29, 1.82) is 0 Å². The van der Waals surface area contributed by atoms with Gasteiger partial charge in [-0.25, -0.2) is 0 Å². The van der Waals surface area contributed by atoms with E-state index in [1.165, 1.54) is 31.2 Å². The molecule has 0 fully saturated rings. The van der Waals surface area contributed by atoms with Crippen LogP contribution >= 0.6 is 47.0 Å². The number of nitro groups is 1. The fourth-order valence-electron chi connectivity index (χ4n) is 2.04. The molecule has 1 atom stereocenters. The number of carbonyl (C=O) groups is 2. The number of hydrogen-bond acceptors (Lipinski definition) is 6. The molecule has 0 heterocycles. The summed E-state index contributed by atoms with van der Waals surface area (Å²) >= 11 is 22.4. The van der Waals surface area contributed by atoms with E-state index in [1.54, 1.807) is 6.07 Å². The second kappa shape index (κ2) is 10.4. The lowest BCUT2D eigenvalue weighted by atomic mass is 10.2.